The van der Waals surface area contributed by atoms with Gasteiger partial charge in [0, 0.05) is 23.5 Å². The maximum Gasteiger partial charge on any atom is 0.224 e. The number of carbonyl (C=O) groups is 2. The van der Waals surface area contributed by atoms with E-state index in [9.17, 15) is 9.59 Å². The van der Waals surface area contributed by atoms with E-state index in [2.05, 4.69) is 26.6 Å². The third-order valence-corrected chi connectivity index (χ3v) is 4.15. The van der Waals surface area contributed by atoms with Gasteiger partial charge in [-0.25, -0.2) is 0 Å². The predicted molar refractivity (Wildman–Crippen MR) is 98.4 cm³/mol. The second kappa shape index (κ2) is 8.49. The van der Waals surface area contributed by atoms with Crippen molar-refractivity contribution in [2.75, 3.05) is 17.7 Å². The SMILES string of the molecule is COc1ccc(NC(=O)CCc2ccccc2Br)cc1NC(C)=O. The molecule has 0 aliphatic carbocycles. The van der Waals surface area contributed by atoms with Crippen LogP contribution in [0.5, 0.6) is 5.75 Å². The van der Waals surface area contributed by atoms with E-state index in [0.717, 1.165) is 10.0 Å². The number of benzene rings is 2. The highest BCUT2D eigenvalue weighted by Crippen LogP contribution is 2.28. The molecule has 0 fully saturated rings. The van der Waals surface area contributed by atoms with Gasteiger partial charge in [-0.2, -0.15) is 0 Å². The van der Waals surface area contributed by atoms with Crippen molar-refractivity contribution >= 4 is 39.1 Å². The van der Waals surface area contributed by atoms with E-state index in [1.165, 1.54) is 14.0 Å². The first kappa shape index (κ1) is 18.0. The van der Waals surface area contributed by atoms with Gasteiger partial charge in [-0.05, 0) is 36.2 Å². The summed E-state index contributed by atoms with van der Waals surface area (Å²) in [6.07, 6.45) is 1.01. The first-order valence-electron chi connectivity index (χ1n) is 7.48. The molecule has 0 unspecified atom stereocenters. The van der Waals surface area contributed by atoms with Crippen molar-refractivity contribution in [2.24, 2.45) is 0 Å². The molecule has 0 aromatic heterocycles. The van der Waals surface area contributed by atoms with Crippen LogP contribution >= 0.6 is 15.9 Å². The van der Waals surface area contributed by atoms with Gasteiger partial charge in [0.2, 0.25) is 11.8 Å². The molecule has 24 heavy (non-hydrogen) atoms. The topological polar surface area (TPSA) is 67.4 Å². The molecule has 0 atom stereocenters. The highest BCUT2D eigenvalue weighted by atomic mass is 79.9. The zero-order valence-electron chi connectivity index (χ0n) is 13.6. The Morgan fingerprint density at radius 2 is 1.88 bits per heavy atom. The Bertz CT molecular complexity index is 747. The zero-order chi connectivity index (χ0) is 17.5. The van der Waals surface area contributed by atoms with E-state index in [-0.39, 0.29) is 11.8 Å². The fourth-order valence-corrected chi connectivity index (χ4v) is 2.73. The first-order valence-corrected chi connectivity index (χ1v) is 8.28. The minimum atomic E-state index is -0.203. The van der Waals surface area contributed by atoms with E-state index >= 15 is 0 Å². The molecule has 2 aromatic carbocycles. The Morgan fingerprint density at radius 1 is 1.12 bits per heavy atom. The van der Waals surface area contributed by atoms with Gasteiger partial charge in [-0.1, -0.05) is 34.1 Å². The van der Waals surface area contributed by atoms with Crippen molar-refractivity contribution in [1.29, 1.82) is 0 Å². The molecule has 0 aliphatic heterocycles. The lowest BCUT2D eigenvalue weighted by atomic mass is 10.1. The number of rotatable bonds is 6. The first-order chi connectivity index (χ1) is 11.5. The second-order valence-corrected chi connectivity index (χ2v) is 6.09. The molecule has 5 nitrogen and oxygen atoms in total. The number of aryl methyl sites for hydroxylation is 1. The van der Waals surface area contributed by atoms with Crippen LogP contribution in [-0.4, -0.2) is 18.9 Å². The number of anilines is 2. The van der Waals surface area contributed by atoms with E-state index in [4.69, 9.17) is 4.74 Å². The van der Waals surface area contributed by atoms with Crippen molar-refractivity contribution in [2.45, 2.75) is 19.8 Å². The van der Waals surface area contributed by atoms with Crippen molar-refractivity contribution in [1.82, 2.24) is 0 Å². The molecule has 126 valence electrons. The molecule has 6 heteroatoms. The Labute approximate surface area is 149 Å². The molecule has 0 saturated carbocycles. The summed E-state index contributed by atoms with van der Waals surface area (Å²) < 4.78 is 6.19. The van der Waals surface area contributed by atoms with Crippen LogP contribution in [0.25, 0.3) is 0 Å². The van der Waals surface area contributed by atoms with Crippen molar-refractivity contribution in [3.63, 3.8) is 0 Å². The van der Waals surface area contributed by atoms with Crippen LogP contribution < -0.4 is 15.4 Å². The molecule has 0 radical (unpaired) electrons. The fraction of sp³-hybridized carbons (Fsp3) is 0.222. The van der Waals surface area contributed by atoms with Gasteiger partial charge in [0.15, 0.2) is 0 Å². The Hall–Kier alpha value is -2.34. The summed E-state index contributed by atoms with van der Waals surface area (Å²) in [6, 6.07) is 12.9. The third-order valence-electron chi connectivity index (χ3n) is 3.37. The van der Waals surface area contributed by atoms with Crippen LogP contribution in [0.1, 0.15) is 18.9 Å². The maximum absolute atomic E-state index is 12.1. The summed E-state index contributed by atoms with van der Waals surface area (Å²) in [4.78, 5) is 23.4. The Morgan fingerprint density at radius 3 is 2.54 bits per heavy atom. The average molecular weight is 391 g/mol. The smallest absolute Gasteiger partial charge is 0.224 e. The molecule has 0 heterocycles. The summed E-state index contributed by atoms with van der Waals surface area (Å²) in [5.74, 6) is 0.242. The largest absolute Gasteiger partial charge is 0.495 e. The lowest BCUT2D eigenvalue weighted by molar-refractivity contribution is -0.116. The van der Waals surface area contributed by atoms with Gasteiger partial charge in [-0.3, -0.25) is 9.59 Å². The van der Waals surface area contributed by atoms with Crippen LogP contribution in [0.15, 0.2) is 46.9 Å². The van der Waals surface area contributed by atoms with Crippen LogP contribution in [0.2, 0.25) is 0 Å². The van der Waals surface area contributed by atoms with E-state index < -0.39 is 0 Å². The maximum atomic E-state index is 12.1. The quantitative estimate of drug-likeness (QED) is 0.783. The van der Waals surface area contributed by atoms with Crippen molar-refractivity contribution < 1.29 is 14.3 Å². The van der Waals surface area contributed by atoms with Gasteiger partial charge in [0.25, 0.3) is 0 Å². The zero-order valence-corrected chi connectivity index (χ0v) is 15.1. The predicted octanol–water partition coefficient (Wildman–Crippen LogP) is 3.99. The number of methoxy groups -OCH3 is 1. The molecule has 0 bridgehead atoms. The van der Waals surface area contributed by atoms with Crippen LogP contribution in [0, 0.1) is 0 Å². The number of ether oxygens (including phenoxy) is 1. The van der Waals surface area contributed by atoms with E-state index in [1.54, 1.807) is 18.2 Å². The number of nitrogens with one attached hydrogen (secondary N) is 2. The van der Waals surface area contributed by atoms with E-state index in [1.807, 2.05) is 24.3 Å². The number of halogens is 1. The molecule has 2 aromatic rings. The molecule has 2 N–H and O–H groups in total. The minimum Gasteiger partial charge on any atom is -0.495 e. The number of hydrogen-bond donors (Lipinski definition) is 2. The van der Waals surface area contributed by atoms with Gasteiger partial charge in [0.1, 0.15) is 5.75 Å². The number of amides is 2. The van der Waals surface area contributed by atoms with Gasteiger partial charge >= 0.3 is 0 Å². The molecule has 0 saturated heterocycles. The van der Waals surface area contributed by atoms with Crippen molar-refractivity contribution in [3.8, 4) is 5.75 Å². The van der Waals surface area contributed by atoms with Crippen molar-refractivity contribution in [3.05, 3.63) is 52.5 Å². The van der Waals surface area contributed by atoms with Gasteiger partial charge < -0.3 is 15.4 Å². The van der Waals surface area contributed by atoms with Crippen LogP contribution in [-0.2, 0) is 16.0 Å². The van der Waals surface area contributed by atoms with Crippen LogP contribution in [0.3, 0.4) is 0 Å². The molecular formula is C18H19BrN2O3. The summed E-state index contributed by atoms with van der Waals surface area (Å²) >= 11 is 3.48. The molecule has 2 amide bonds. The highest BCUT2D eigenvalue weighted by molar-refractivity contribution is 9.10. The fourth-order valence-electron chi connectivity index (χ4n) is 2.25. The van der Waals surface area contributed by atoms with E-state index in [0.29, 0.717) is 30.0 Å². The summed E-state index contributed by atoms with van der Waals surface area (Å²) in [6.45, 7) is 1.42. The number of hydrogen-bond acceptors (Lipinski definition) is 3. The normalized spacial score (nSPS) is 10.1. The molecule has 0 spiro atoms. The average Bonchev–Trinajstić information content (AvgIpc) is 2.54. The Kier molecular flexibility index (Phi) is 6.37. The molecule has 2 rings (SSSR count). The Balaban J connectivity index is 2.01. The third kappa shape index (κ3) is 5.09. The minimum absolute atomic E-state index is 0.0929. The second-order valence-electron chi connectivity index (χ2n) is 5.24. The summed E-state index contributed by atoms with van der Waals surface area (Å²) in [5, 5.41) is 5.52. The summed E-state index contributed by atoms with van der Waals surface area (Å²) in [5.41, 5.74) is 2.21. The van der Waals surface area contributed by atoms with Gasteiger partial charge in [-0.15, -0.1) is 0 Å². The lowest BCUT2D eigenvalue weighted by Crippen LogP contribution is -2.13. The molecular weight excluding hydrogens is 372 g/mol. The molecule has 0 aliphatic rings. The summed E-state index contributed by atoms with van der Waals surface area (Å²) in [7, 11) is 1.52. The standard InChI is InChI=1S/C18H19BrN2O3/c1-12(22)20-16-11-14(8-9-17(16)24-2)21-18(23)10-7-13-5-3-4-6-15(13)19/h3-6,8-9,11H,7,10H2,1-2H3,(H,20,22)(H,21,23). The van der Waals surface area contributed by atoms with Gasteiger partial charge in [0.05, 0.1) is 12.8 Å². The number of carbonyl (C=O) groups excluding carboxylic acids is 2. The lowest BCUT2D eigenvalue weighted by Gasteiger charge is -2.12. The monoisotopic (exact) mass is 390 g/mol. The van der Waals surface area contributed by atoms with Crippen LogP contribution in [0.4, 0.5) is 11.4 Å². The highest BCUT2D eigenvalue weighted by Gasteiger charge is 2.09.